The molecule has 1 aromatic carbocycles. The van der Waals surface area contributed by atoms with Gasteiger partial charge in [-0.25, -0.2) is 13.1 Å². The first-order valence-electron chi connectivity index (χ1n) is 5.34. The average molecular weight is 251 g/mol. The van der Waals surface area contributed by atoms with Crippen molar-refractivity contribution in [2.75, 3.05) is 6.61 Å². The van der Waals surface area contributed by atoms with Crippen LogP contribution >= 0.6 is 0 Å². The maximum atomic E-state index is 12.0. The summed E-state index contributed by atoms with van der Waals surface area (Å²) in [6, 6.07) is 6.60. The van der Waals surface area contributed by atoms with E-state index in [0.29, 0.717) is 5.56 Å². The SMILES string of the molecule is O=S(=O)(NC1CC1)c1ccccc1C#CCO. The Balaban J connectivity index is 2.36. The fourth-order valence-corrected chi connectivity index (χ4v) is 2.89. The topological polar surface area (TPSA) is 66.4 Å². The second-order valence-corrected chi connectivity index (χ2v) is 5.53. The van der Waals surface area contributed by atoms with Crippen molar-refractivity contribution in [2.45, 2.75) is 23.8 Å². The highest BCUT2D eigenvalue weighted by Gasteiger charge is 2.28. The molecule has 2 rings (SSSR count). The molecule has 1 fully saturated rings. The highest BCUT2D eigenvalue weighted by molar-refractivity contribution is 7.89. The molecule has 0 aromatic heterocycles. The number of benzene rings is 1. The molecule has 1 aliphatic rings. The van der Waals surface area contributed by atoms with E-state index >= 15 is 0 Å². The van der Waals surface area contributed by atoms with Crippen LogP contribution in [-0.4, -0.2) is 26.2 Å². The summed E-state index contributed by atoms with van der Waals surface area (Å²) < 4.78 is 26.7. The molecule has 17 heavy (non-hydrogen) atoms. The molecular weight excluding hydrogens is 238 g/mol. The maximum Gasteiger partial charge on any atom is 0.242 e. The van der Waals surface area contributed by atoms with E-state index in [0.717, 1.165) is 12.8 Å². The van der Waals surface area contributed by atoms with Gasteiger partial charge in [0.05, 0.1) is 4.90 Å². The van der Waals surface area contributed by atoms with E-state index in [2.05, 4.69) is 16.6 Å². The van der Waals surface area contributed by atoms with Gasteiger partial charge >= 0.3 is 0 Å². The van der Waals surface area contributed by atoms with Crippen molar-refractivity contribution in [1.82, 2.24) is 4.72 Å². The van der Waals surface area contributed by atoms with Crippen molar-refractivity contribution in [2.24, 2.45) is 0 Å². The van der Waals surface area contributed by atoms with Crippen molar-refractivity contribution >= 4 is 10.0 Å². The molecule has 0 radical (unpaired) electrons. The van der Waals surface area contributed by atoms with Crippen molar-refractivity contribution in [3.05, 3.63) is 29.8 Å². The minimum Gasteiger partial charge on any atom is -0.384 e. The van der Waals surface area contributed by atoms with E-state index in [1.165, 1.54) is 6.07 Å². The number of aliphatic hydroxyl groups excluding tert-OH is 1. The summed E-state index contributed by atoms with van der Waals surface area (Å²) in [5, 5.41) is 8.64. The van der Waals surface area contributed by atoms with Crippen LogP contribution in [0.5, 0.6) is 0 Å². The van der Waals surface area contributed by atoms with Gasteiger partial charge in [-0.05, 0) is 25.0 Å². The Labute approximate surface area is 101 Å². The van der Waals surface area contributed by atoms with Crippen LogP contribution in [0.25, 0.3) is 0 Å². The van der Waals surface area contributed by atoms with Crippen LogP contribution in [0.2, 0.25) is 0 Å². The fourth-order valence-electron chi connectivity index (χ4n) is 1.42. The molecule has 0 amide bonds. The smallest absolute Gasteiger partial charge is 0.242 e. The van der Waals surface area contributed by atoms with Crippen molar-refractivity contribution < 1.29 is 13.5 Å². The molecule has 1 saturated carbocycles. The van der Waals surface area contributed by atoms with E-state index in [4.69, 9.17) is 5.11 Å². The van der Waals surface area contributed by atoms with E-state index in [9.17, 15) is 8.42 Å². The van der Waals surface area contributed by atoms with Gasteiger partial charge in [0.25, 0.3) is 0 Å². The summed E-state index contributed by atoms with van der Waals surface area (Å²) in [6.45, 7) is -0.287. The minimum absolute atomic E-state index is 0.0684. The summed E-state index contributed by atoms with van der Waals surface area (Å²) in [5.41, 5.74) is 0.412. The molecule has 90 valence electrons. The third kappa shape index (κ3) is 3.07. The second kappa shape index (κ2) is 4.88. The summed E-state index contributed by atoms with van der Waals surface area (Å²) in [7, 11) is -3.49. The van der Waals surface area contributed by atoms with E-state index < -0.39 is 10.0 Å². The minimum atomic E-state index is -3.49. The Bertz CT molecular complexity index is 565. The third-order valence-electron chi connectivity index (χ3n) is 2.38. The van der Waals surface area contributed by atoms with Gasteiger partial charge in [0, 0.05) is 11.6 Å². The van der Waals surface area contributed by atoms with E-state index in [-0.39, 0.29) is 17.5 Å². The molecule has 1 aromatic rings. The Morgan fingerprint density at radius 1 is 1.35 bits per heavy atom. The Morgan fingerprint density at radius 3 is 2.71 bits per heavy atom. The highest BCUT2D eigenvalue weighted by Crippen LogP contribution is 2.23. The van der Waals surface area contributed by atoms with Crippen molar-refractivity contribution in [3.63, 3.8) is 0 Å². The monoisotopic (exact) mass is 251 g/mol. The van der Waals surface area contributed by atoms with Crippen LogP contribution in [0.4, 0.5) is 0 Å². The highest BCUT2D eigenvalue weighted by atomic mass is 32.2. The first-order valence-corrected chi connectivity index (χ1v) is 6.83. The Morgan fingerprint density at radius 2 is 2.06 bits per heavy atom. The van der Waals surface area contributed by atoms with Crippen LogP contribution < -0.4 is 4.72 Å². The van der Waals surface area contributed by atoms with E-state index in [1.807, 2.05) is 0 Å². The first kappa shape index (κ1) is 12.1. The Kier molecular flexibility index (Phi) is 3.48. The van der Waals surface area contributed by atoms with Gasteiger partial charge in [-0.3, -0.25) is 0 Å². The number of nitrogens with one attached hydrogen (secondary N) is 1. The van der Waals surface area contributed by atoms with Crippen LogP contribution in [0.15, 0.2) is 29.2 Å². The molecule has 0 heterocycles. The molecule has 1 aliphatic carbocycles. The van der Waals surface area contributed by atoms with Crippen LogP contribution in [-0.2, 0) is 10.0 Å². The van der Waals surface area contributed by atoms with Gasteiger partial charge in [-0.1, -0.05) is 24.0 Å². The summed E-state index contributed by atoms with van der Waals surface area (Å²) in [4.78, 5) is 0.174. The largest absolute Gasteiger partial charge is 0.384 e. The lowest BCUT2D eigenvalue weighted by atomic mass is 10.2. The molecule has 5 heteroatoms. The summed E-state index contributed by atoms with van der Waals surface area (Å²) in [6.07, 6.45) is 1.79. The lowest BCUT2D eigenvalue weighted by Crippen LogP contribution is -2.26. The number of aliphatic hydroxyl groups is 1. The molecule has 0 bridgehead atoms. The fraction of sp³-hybridized carbons (Fsp3) is 0.333. The standard InChI is InChI=1S/C12H13NO3S/c14-9-3-5-10-4-1-2-6-12(10)17(15,16)13-11-7-8-11/h1-2,4,6,11,13-14H,7-9H2. The number of rotatable bonds is 3. The first-order chi connectivity index (χ1) is 8.13. The van der Waals surface area contributed by atoms with Gasteiger partial charge in [0.2, 0.25) is 10.0 Å². The van der Waals surface area contributed by atoms with Gasteiger partial charge in [-0.15, -0.1) is 0 Å². The van der Waals surface area contributed by atoms with Crippen molar-refractivity contribution in [3.8, 4) is 11.8 Å². The van der Waals surface area contributed by atoms with Gasteiger partial charge in [-0.2, -0.15) is 0 Å². The predicted octanol–water partition coefficient (Wildman–Crippen LogP) is 0.471. The van der Waals surface area contributed by atoms with Gasteiger partial charge in [0.1, 0.15) is 6.61 Å². The third-order valence-corrected chi connectivity index (χ3v) is 3.96. The number of hydrogen-bond acceptors (Lipinski definition) is 3. The van der Waals surface area contributed by atoms with Gasteiger partial charge < -0.3 is 5.11 Å². The normalized spacial score (nSPS) is 15.1. The quantitative estimate of drug-likeness (QED) is 0.767. The predicted molar refractivity (Wildman–Crippen MR) is 63.7 cm³/mol. The molecule has 0 spiro atoms. The van der Waals surface area contributed by atoms with Crippen molar-refractivity contribution in [1.29, 1.82) is 0 Å². The molecule has 0 unspecified atom stereocenters. The zero-order valence-corrected chi connectivity index (χ0v) is 10.00. The number of hydrogen-bond donors (Lipinski definition) is 2. The van der Waals surface area contributed by atoms with E-state index in [1.54, 1.807) is 18.2 Å². The van der Waals surface area contributed by atoms with Crippen LogP contribution in [0.3, 0.4) is 0 Å². The molecule has 0 saturated heterocycles. The molecule has 0 aliphatic heterocycles. The molecular formula is C12H13NO3S. The lowest BCUT2D eigenvalue weighted by Gasteiger charge is -2.07. The number of sulfonamides is 1. The second-order valence-electron chi connectivity index (χ2n) is 3.85. The zero-order valence-electron chi connectivity index (χ0n) is 9.18. The summed E-state index contributed by atoms with van der Waals surface area (Å²) >= 11 is 0. The zero-order chi connectivity index (χ0) is 12.3. The molecule has 0 atom stereocenters. The van der Waals surface area contributed by atoms with Crippen LogP contribution in [0.1, 0.15) is 18.4 Å². The molecule has 2 N–H and O–H groups in total. The summed E-state index contributed by atoms with van der Waals surface area (Å²) in [5.74, 6) is 5.10. The van der Waals surface area contributed by atoms with Gasteiger partial charge in [0.15, 0.2) is 0 Å². The Hall–Kier alpha value is -1.35. The maximum absolute atomic E-state index is 12.0. The lowest BCUT2D eigenvalue weighted by molar-refractivity contribution is 0.350. The van der Waals surface area contributed by atoms with Crippen LogP contribution in [0, 0.1) is 11.8 Å². The molecule has 4 nitrogen and oxygen atoms in total. The average Bonchev–Trinajstić information content (AvgIpc) is 3.10.